The average Bonchev–Trinajstić information content (AvgIpc) is 2.61. The summed E-state index contributed by atoms with van der Waals surface area (Å²) in [6.07, 6.45) is 1.89. The zero-order valence-electron chi connectivity index (χ0n) is 14.2. The van der Waals surface area contributed by atoms with E-state index < -0.39 is 5.97 Å². The van der Waals surface area contributed by atoms with Crippen LogP contribution in [0, 0.1) is 0 Å². The summed E-state index contributed by atoms with van der Waals surface area (Å²) in [5, 5.41) is 11.6. The van der Waals surface area contributed by atoms with Gasteiger partial charge in [0.05, 0.1) is 18.8 Å². The largest absolute Gasteiger partial charge is 0.494 e. The van der Waals surface area contributed by atoms with Crippen molar-refractivity contribution in [1.29, 1.82) is 0 Å². The van der Waals surface area contributed by atoms with Gasteiger partial charge in [0.25, 0.3) is 5.91 Å². The van der Waals surface area contributed by atoms with Crippen molar-refractivity contribution in [2.24, 2.45) is 0 Å². The predicted octanol–water partition coefficient (Wildman–Crippen LogP) is 3.63. The number of rotatable bonds is 9. The van der Waals surface area contributed by atoms with Gasteiger partial charge < -0.3 is 19.9 Å². The van der Waals surface area contributed by atoms with E-state index in [9.17, 15) is 9.59 Å². The van der Waals surface area contributed by atoms with Gasteiger partial charge in [-0.05, 0) is 43.7 Å². The van der Waals surface area contributed by atoms with E-state index >= 15 is 0 Å². The number of hydrogen-bond acceptors (Lipinski definition) is 5. The van der Waals surface area contributed by atoms with Gasteiger partial charge >= 0.3 is 5.97 Å². The minimum absolute atomic E-state index is 0.0623. The summed E-state index contributed by atoms with van der Waals surface area (Å²) < 4.78 is 10.7. The topological polar surface area (TPSA) is 97.8 Å². The number of aliphatic carboxylic acids is 1. The van der Waals surface area contributed by atoms with Crippen LogP contribution in [0.15, 0.2) is 36.5 Å². The van der Waals surface area contributed by atoms with Crippen molar-refractivity contribution in [2.75, 3.05) is 18.5 Å². The molecule has 0 atom stereocenters. The Kier molecular flexibility index (Phi) is 7.23. The number of carboxylic acid groups (broad SMARTS) is 1. The molecule has 0 bridgehead atoms. The van der Waals surface area contributed by atoms with Crippen LogP contribution in [0.3, 0.4) is 0 Å². The molecule has 0 radical (unpaired) electrons. The molecule has 7 nitrogen and oxygen atoms in total. The molecule has 0 aliphatic heterocycles. The third kappa shape index (κ3) is 5.93. The smallest absolute Gasteiger partial charge is 0.303 e. The Bertz CT molecular complexity index is 765. The van der Waals surface area contributed by atoms with Crippen molar-refractivity contribution in [1.82, 2.24) is 4.98 Å². The molecule has 26 heavy (non-hydrogen) atoms. The number of carboxylic acids is 1. The van der Waals surface area contributed by atoms with Crippen LogP contribution in [-0.4, -0.2) is 35.2 Å². The van der Waals surface area contributed by atoms with Crippen LogP contribution in [0.25, 0.3) is 0 Å². The van der Waals surface area contributed by atoms with Crippen LogP contribution < -0.4 is 14.8 Å². The third-order valence-electron chi connectivity index (χ3n) is 3.27. The highest BCUT2D eigenvalue weighted by Gasteiger charge is 2.11. The monoisotopic (exact) mass is 378 g/mol. The Labute approximate surface area is 155 Å². The summed E-state index contributed by atoms with van der Waals surface area (Å²) in [7, 11) is 0. The van der Waals surface area contributed by atoms with Gasteiger partial charge in [-0.2, -0.15) is 0 Å². The van der Waals surface area contributed by atoms with Crippen molar-refractivity contribution in [3.63, 3.8) is 0 Å². The Balaban J connectivity index is 1.90. The molecule has 0 fully saturated rings. The number of pyridine rings is 1. The number of anilines is 1. The van der Waals surface area contributed by atoms with Crippen LogP contribution in [0.5, 0.6) is 11.6 Å². The van der Waals surface area contributed by atoms with Crippen molar-refractivity contribution in [3.05, 3.63) is 47.1 Å². The SMILES string of the molecule is CCOc1ncc(C(=O)Nc2ccc(OCCCC(=O)O)cc2)cc1Cl. The maximum Gasteiger partial charge on any atom is 0.303 e. The molecular formula is C18H19ClN2O5. The van der Waals surface area contributed by atoms with Crippen LogP contribution >= 0.6 is 11.6 Å². The van der Waals surface area contributed by atoms with E-state index in [0.717, 1.165) is 0 Å². The van der Waals surface area contributed by atoms with Crippen LogP contribution in [0.2, 0.25) is 5.02 Å². The van der Waals surface area contributed by atoms with Gasteiger partial charge in [-0.3, -0.25) is 9.59 Å². The number of nitrogens with one attached hydrogen (secondary N) is 1. The van der Waals surface area contributed by atoms with Gasteiger partial charge in [0.1, 0.15) is 10.8 Å². The van der Waals surface area contributed by atoms with Gasteiger partial charge in [0, 0.05) is 18.3 Å². The molecule has 0 unspecified atom stereocenters. The first-order valence-electron chi connectivity index (χ1n) is 8.04. The molecule has 1 aromatic heterocycles. The number of carbonyl (C=O) groups excluding carboxylic acids is 1. The first kappa shape index (κ1) is 19.5. The molecule has 0 aliphatic rings. The standard InChI is InChI=1S/C18H19ClN2O5/c1-2-25-18-15(19)10-12(11-20-18)17(24)21-13-5-7-14(8-6-13)26-9-3-4-16(22)23/h5-8,10-11H,2-4,9H2,1H3,(H,21,24)(H,22,23). The summed E-state index contributed by atoms with van der Waals surface area (Å²) in [5.74, 6) is -0.317. The summed E-state index contributed by atoms with van der Waals surface area (Å²) in [4.78, 5) is 26.7. The number of carbonyl (C=O) groups is 2. The van der Waals surface area contributed by atoms with Crippen molar-refractivity contribution in [3.8, 4) is 11.6 Å². The molecule has 0 spiro atoms. The second-order valence-corrected chi connectivity index (χ2v) is 5.68. The molecule has 0 saturated heterocycles. The van der Waals surface area contributed by atoms with E-state index in [-0.39, 0.29) is 23.2 Å². The van der Waals surface area contributed by atoms with Gasteiger partial charge in [0.15, 0.2) is 0 Å². The number of ether oxygens (including phenoxy) is 2. The molecular weight excluding hydrogens is 360 g/mol. The normalized spacial score (nSPS) is 10.2. The second-order valence-electron chi connectivity index (χ2n) is 5.27. The van der Waals surface area contributed by atoms with E-state index in [1.165, 1.54) is 12.3 Å². The molecule has 1 amide bonds. The number of hydrogen-bond donors (Lipinski definition) is 2. The molecule has 1 aromatic carbocycles. The highest BCUT2D eigenvalue weighted by atomic mass is 35.5. The van der Waals surface area contributed by atoms with Crippen LogP contribution in [-0.2, 0) is 4.79 Å². The maximum absolute atomic E-state index is 12.3. The molecule has 0 aliphatic carbocycles. The first-order chi connectivity index (χ1) is 12.5. The van der Waals surface area contributed by atoms with E-state index in [4.69, 9.17) is 26.2 Å². The Morgan fingerprint density at radius 3 is 2.58 bits per heavy atom. The lowest BCUT2D eigenvalue weighted by Gasteiger charge is -2.09. The first-order valence-corrected chi connectivity index (χ1v) is 8.41. The average molecular weight is 379 g/mol. The maximum atomic E-state index is 12.3. The van der Waals surface area contributed by atoms with Crippen molar-refractivity contribution >= 4 is 29.2 Å². The van der Waals surface area contributed by atoms with E-state index in [0.29, 0.717) is 36.6 Å². The Morgan fingerprint density at radius 1 is 1.23 bits per heavy atom. The number of aromatic nitrogens is 1. The molecule has 2 N–H and O–H groups in total. The Hall–Kier alpha value is -2.80. The summed E-state index contributed by atoms with van der Waals surface area (Å²) >= 11 is 6.04. The highest BCUT2D eigenvalue weighted by Crippen LogP contribution is 2.23. The number of nitrogens with zero attached hydrogens (tertiary/aromatic N) is 1. The molecule has 2 rings (SSSR count). The zero-order chi connectivity index (χ0) is 18.9. The fourth-order valence-electron chi connectivity index (χ4n) is 2.04. The van der Waals surface area contributed by atoms with Crippen molar-refractivity contribution in [2.45, 2.75) is 19.8 Å². The summed E-state index contributed by atoms with van der Waals surface area (Å²) in [5.41, 5.74) is 0.894. The molecule has 0 saturated carbocycles. The number of halogens is 1. The highest BCUT2D eigenvalue weighted by molar-refractivity contribution is 6.32. The summed E-state index contributed by atoms with van der Waals surface area (Å²) in [6.45, 7) is 2.56. The van der Waals surface area contributed by atoms with Gasteiger partial charge in [0.2, 0.25) is 5.88 Å². The summed E-state index contributed by atoms with van der Waals surface area (Å²) in [6, 6.07) is 8.26. The van der Waals surface area contributed by atoms with Crippen LogP contribution in [0.4, 0.5) is 5.69 Å². The van der Waals surface area contributed by atoms with E-state index in [1.807, 2.05) is 6.92 Å². The van der Waals surface area contributed by atoms with Crippen LogP contribution in [0.1, 0.15) is 30.1 Å². The van der Waals surface area contributed by atoms with E-state index in [1.54, 1.807) is 24.3 Å². The second kappa shape index (κ2) is 9.62. The third-order valence-corrected chi connectivity index (χ3v) is 3.54. The molecule has 8 heteroatoms. The van der Waals surface area contributed by atoms with Crippen molar-refractivity contribution < 1.29 is 24.2 Å². The fraction of sp³-hybridized carbons (Fsp3) is 0.278. The lowest BCUT2D eigenvalue weighted by molar-refractivity contribution is -0.137. The van der Waals surface area contributed by atoms with Gasteiger partial charge in [-0.1, -0.05) is 11.6 Å². The number of amides is 1. The molecule has 1 heterocycles. The number of benzene rings is 1. The quantitative estimate of drug-likeness (QED) is 0.646. The molecule has 2 aromatic rings. The lowest BCUT2D eigenvalue weighted by atomic mass is 10.2. The molecule has 138 valence electrons. The minimum atomic E-state index is -0.851. The minimum Gasteiger partial charge on any atom is -0.494 e. The zero-order valence-corrected chi connectivity index (χ0v) is 15.0. The fourth-order valence-corrected chi connectivity index (χ4v) is 2.26. The van der Waals surface area contributed by atoms with Gasteiger partial charge in [-0.15, -0.1) is 0 Å². The predicted molar refractivity (Wildman–Crippen MR) is 97.2 cm³/mol. The lowest BCUT2D eigenvalue weighted by Crippen LogP contribution is -2.12. The van der Waals surface area contributed by atoms with Gasteiger partial charge in [-0.25, -0.2) is 4.98 Å². The van der Waals surface area contributed by atoms with E-state index in [2.05, 4.69) is 10.3 Å². The Morgan fingerprint density at radius 2 is 1.96 bits per heavy atom.